The molecule has 2 heterocycles. The van der Waals surface area contributed by atoms with Crippen LogP contribution in [0.5, 0.6) is 0 Å². The quantitative estimate of drug-likeness (QED) is 0.766. The van der Waals surface area contributed by atoms with Gasteiger partial charge in [-0.05, 0) is 31.5 Å². The molecule has 2 aliphatic rings. The van der Waals surface area contributed by atoms with Gasteiger partial charge < -0.3 is 15.0 Å². The summed E-state index contributed by atoms with van der Waals surface area (Å²) in [4.78, 5) is 15.0. The van der Waals surface area contributed by atoms with Crippen LogP contribution in [0.25, 0.3) is 0 Å². The van der Waals surface area contributed by atoms with Gasteiger partial charge in [0.25, 0.3) is 0 Å². The minimum Gasteiger partial charge on any atom is -0.384 e. The number of rotatable bonds is 6. The number of piperazine rings is 1. The average Bonchev–Trinajstić information content (AvgIpc) is 2.69. The van der Waals surface area contributed by atoms with Crippen LogP contribution < -0.4 is 5.32 Å². The highest BCUT2D eigenvalue weighted by molar-refractivity contribution is 7.88. The topological polar surface area (TPSA) is 79.0 Å². The lowest BCUT2D eigenvalue weighted by molar-refractivity contribution is -0.148. The van der Waals surface area contributed by atoms with E-state index in [0.717, 1.165) is 31.5 Å². The summed E-state index contributed by atoms with van der Waals surface area (Å²) in [5, 5.41) is 3.29. The fraction of sp³-hybridized carbons (Fsp3) is 0.632. The maximum atomic E-state index is 13.2. The monoisotopic (exact) mass is 395 g/mol. The lowest BCUT2D eigenvalue weighted by Gasteiger charge is -2.42. The smallest absolute Gasteiger partial charge is 0.231 e. The van der Waals surface area contributed by atoms with Gasteiger partial charge >= 0.3 is 0 Å². The highest BCUT2D eigenvalue weighted by atomic mass is 32.2. The Bertz CT molecular complexity index is 719. The van der Waals surface area contributed by atoms with Crippen molar-refractivity contribution in [2.75, 3.05) is 53.0 Å². The molecule has 7 nitrogen and oxygen atoms in total. The van der Waals surface area contributed by atoms with Gasteiger partial charge in [0.15, 0.2) is 0 Å². The largest absolute Gasteiger partial charge is 0.384 e. The van der Waals surface area contributed by atoms with Crippen LogP contribution in [0, 0.1) is 5.41 Å². The van der Waals surface area contributed by atoms with E-state index >= 15 is 0 Å². The molecular formula is C19H29N3O4S. The number of benzene rings is 1. The first-order valence-corrected chi connectivity index (χ1v) is 11.1. The van der Waals surface area contributed by atoms with E-state index < -0.39 is 15.4 Å². The summed E-state index contributed by atoms with van der Waals surface area (Å²) in [6, 6.07) is 9.20. The number of ether oxygens (including phenoxy) is 1. The molecule has 150 valence electrons. The lowest BCUT2D eigenvalue weighted by Crippen LogP contribution is -2.57. The second-order valence-electron chi connectivity index (χ2n) is 7.40. The molecule has 8 heteroatoms. The molecule has 0 atom stereocenters. The number of amides is 1. The summed E-state index contributed by atoms with van der Waals surface area (Å²) < 4.78 is 32.3. The SMILES string of the molecule is COCC1(C(=O)N2CCN(S(=O)(=O)Cc3ccccc3)CC2)CCNCC1. The van der Waals surface area contributed by atoms with Crippen molar-refractivity contribution < 1.29 is 17.9 Å². The van der Waals surface area contributed by atoms with Crippen molar-refractivity contribution in [3.05, 3.63) is 35.9 Å². The number of hydrogen-bond acceptors (Lipinski definition) is 5. The molecule has 2 aliphatic heterocycles. The maximum Gasteiger partial charge on any atom is 0.231 e. The molecule has 1 amide bonds. The molecule has 0 saturated carbocycles. The maximum absolute atomic E-state index is 13.2. The molecule has 0 aromatic heterocycles. The van der Waals surface area contributed by atoms with Crippen LogP contribution in [-0.2, 0) is 25.3 Å². The Morgan fingerprint density at radius 1 is 1.11 bits per heavy atom. The molecule has 0 radical (unpaired) electrons. The van der Waals surface area contributed by atoms with Crippen molar-refractivity contribution >= 4 is 15.9 Å². The zero-order chi connectivity index (χ0) is 19.3. The fourth-order valence-electron chi connectivity index (χ4n) is 3.98. The Labute approximate surface area is 161 Å². The first-order valence-electron chi connectivity index (χ1n) is 9.48. The van der Waals surface area contributed by atoms with Gasteiger partial charge in [-0.25, -0.2) is 8.42 Å². The van der Waals surface area contributed by atoms with Gasteiger partial charge in [0.1, 0.15) is 0 Å². The average molecular weight is 396 g/mol. The molecule has 1 N–H and O–H groups in total. The second-order valence-corrected chi connectivity index (χ2v) is 9.37. The van der Waals surface area contributed by atoms with Gasteiger partial charge in [0.2, 0.25) is 15.9 Å². The standard InChI is InChI=1S/C19H29N3O4S/c1-26-16-19(7-9-20-10-8-19)18(23)21-11-13-22(14-12-21)27(24,25)15-17-5-3-2-4-6-17/h2-6,20H,7-16H2,1H3. The van der Waals surface area contributed by atoms with Crippen LogP contribution >= 0.6 is 0 Å². The van der Waals surface area contributed by atoms with Crippen LogP contribution in [0.15, 0.2) is 30.3 Å². The molecule has 0 spiro atoms. The molecule has 1 aromatic carbocycles. The molecule has 1 aromatic rings. The van der Waals surface area contributed by atoms with E-state index in [2.05, 4.69) is 5.32 Å². The highest BCUT2D eigenvalue weighted by Crippen LogP contribution is 2.32. The third kappa shape index (κ3) is 4.68. The van der Waals surface area contributed by atoms with Gasteiger partial charge in [-0.3, -0.25) is 4.79 Å². The predicted octanol–water partition coefficient (Wildman–Crippen LogP) is 0.677. The number of nitrogens with zero attached hydrogens (tertiary/aromatic N) is 2. The number of hydrogen-bond donors (Lipinski definition) is 1. The molecule has 0 aliphatic carbocycles. The first-order chi connectivity index (χ1) is 13.0. The Morgan fingerprint density at radius 2 is 1.74 bits per heavy atom. The number of methoxy groups -OCH3 is 1. The normalized spacial score (nSPS) is 21.1. The van der Waals surface area contributed by atoms with Crippen molar-refractivity contribution in [3.8, 4) is 0 Å². The summed E-state index contributed by atoms with van der Waals surface area (Å²) in [5.74, 6) is 0.104. The summed E-state index contributed by atoms with van der Waals surface area (Å²) in [6.07, 6.45) is 1.51. The molecule has 2 saturated heterocycles. The van der Waals surface area contributed by atoms with Crippen molar-refractivity contribution in [1.82, 2.24) is 14.5 Å². The van der Waals surface area contributed by atoms with Gasteiger partial charge in [-0.15, -0.1) is 0 Å². The van der Waals surface area contributed by atoms with E-state index in [9.17, 15) is 13.2 Å². The predicted molar refractivity (Wildman–Crippen MR) is 104 cm³/mol. The summed E-state index contributed by atoms with van der Waals surface area (Å²) in [6.45, 7) is 3.60. The summed E-state index contributed by atoms with van der Waals surface area (Å²) in [5.41, 5.74) is 0.301. The summed E-state index contributed by atoms with van der Waals surface area (Å²) in [7, 11) is -1.75. The van der Waals surface area contributed by atoms with Gasteiger partial charge in [-0.1, -0.05) is 30.3 Å². The zero-order valence-corrected chi connectivity index (χ0v) is 16.7. The molecule has 2 fully saturated rings. The van der Waals surface area contributed by atoms with E-state index in [-0.39, 0.29) is 11.7 Å². The molecule has 0 bridgehead atoms. The van der Waals surface area contributed by atoms with Crippen LogP contribution in [0.4, 0.5) is 0 Å². The van der Waals surface area contributed by atoms with Gasteiger partial charge in [0, 0.05) is 33.3 Å². The first kappa shape index (κ1) is 20.3. The van der Waals surface area contributed by atoms with E-state index in [1.54, 1.807) is 7.11 Å². The van der Waals surface area contributed by atoms with Crippen molar-refractivity contribution in [2.45, 2.75) is 18.6 Å². The van der Waals surface area contributed by atoms with Crippen LogP contribution in [0.2, 0.25) is 0 Å². The zero-order valence-electron chi connectivity index (χ0n) is 15.9. The molecule has 3 rings (SSSR count). The van der Waals surface area contributed by atoms with Crippen molar-refractivity contribution in [1.29, 1.82) is 0 Å². The van der Waals surface area contributed by atoms with Crippen LogP contribution in [-0.4, -0.2) is 76.5 Å². The van der Waals surface area contributed by atoms with Crippen molar-refractivity contribution in [2.24, 2.45) is 5.41 Å². The Kier molecular flexibility index (Phi) is 6.52. The van der Waals surface area contributed by atoms with E-state index in [4.69, 9.17) is 4.74 Å². The number of piperidine rings is 1. The Hall–Kier alpha value is -1.48. The summed E-state index contributed by atoms with van der Waals surface area (Å²) >= 11 is 0. The van der Waals surface area contributed by atoms with Crippen LogP contribution in [0.3, 0.4) is 0 Å². The number of carbonyl (C=O) groups excluding carboxylic acids is 1. The third-order valence-electron chi connectivity index (χ3n) is 5.55. The minimum absolute atomic E-state index is 0.00106. The Morgan fingerprint density at radius 3 is 2.33 bits per heavy atom. The minimum atomic E-state index is -3.38. The molecule has 27 heavy (non-hydrogen) atoms. The molecular weight excluding hydrogens is 366 g/mol. The van der Waals surface area contributed by atoms with Gasteiger partial charge in [-0.2, -0.15) is 4.31 Å². The molecule has 0 unspecified atom stereocenters. The fourth-order valence-corrected chi connectivity index (χ4v) is 5.50. The van der Waals surface area contributed by atoms with Crippen molar-refractivity contribution in [3.63, 3.8) is 0 Å². The number of sulfonamides is 1. The second kappa shape index (κ2) is 8.68. The van der Waals surface area contributed by atoms with Gasteiger partial charge in [0.05, 0.1) is 17.8 Å². The lowest BCUT2D eigenvalue weighted by atomic mass is 9.78. The van der Waals surface area contributed by atoms with E-state index in [0.29, 0.717) is 32.8 Å². The highest BCUT2D eigenvalue weighted by Gasteiger charge is 2.43. The number of carbonyl (C=O) groups is 1. The third-order valence-corrected chi connectivity index (χ3v) is 7.40. The van der Waals surface area contributed by atoms with E-state index in [1.807, 2.05) is 35.2 Å². The Balaban J connectivity index is 1.61. The number of nitrogens with one attached hydrogen (secondary N) is 1. The van der Waals surface area contributed by atoms with Crippen LogP contribution in [0.1, 0.15) is 18.4 Å². The van der Waals surface area contributed by atoms with E-state index in [1.165, 1.54) is 4.31 Å².